The van der Waals surface area contributed by atoms with Gasteiger partial charge in [-0.2, -0.15) is 0 Å². The fourth-order valence-corrected chi connectivity index (χ4v) is 3.50. The number of amides is 1. The quantitative estimate of drug-likeness (QED) is 0.849. The Morgan fingerprint density at radius 1 is 1.39 bits per heavy atom. The normalized spacial score (nSPS) is 23.1. The number of hydrogen-bond donors (Lipinski definition) is 1. The molecule has 2 rings (SSSR count). The summed E-state index contributed by atoms with van der Waals surface area (Å²) in [5, 5.41) is 4.16. The average molecular weight is 310 g/mol. The first-order valence-corrected chi connectivity index (χ1v) is 7.68. The molecule has 0 radical (unpaired) electrons. The average Bonchev–Trinajstić information content (AvgIpc) is 2.76. The number of halogens is 1. The number of hydrogen-bond acceptors (Lipinski definition) is 1. The Hall–Kier alpha value is -0.830. The van der Waals surface area contributed by atoms with Crippen LogP contribution in [-0.4, -0.2) is 17.3 Å². The van der Waals surface area contributed by atoms with E-state index >= 15 is 0 Å². The van der Waals surface area contributed by atoms with Crippen LogP contribution in [0.5, 0.6) is 0 Å². The summed E-state index contributed by atoms with van der Waals surface area (Å²) in [6, 6.07) is 6.32. The molecule has 1 saturated carbocycles. The van der Waals surface area contributed by atoms with Crippen LogP contribution in [0.4, 0.5) is 0 Å². The largest absolute Gasteiger partial charge is 0.349 e. The Balaban J connectivity index is 2.07. The molecule has 1 aliphatic carbocycles. The van der Waals surface area contributed by atoms with E-state index in [-0.39, 0.29) is 5.91 Å². The van der Waals surface area contributed by atoms with Crippen molar-refractivity contribution >= 4 is 21.8 Å². The Labute approximate surface area is 117 Å². The summed E-state index contributed by atoms with van der Waals surface area (Å²) in [5.74, 6) is 0.657. The Morgan fingerprint density at radius 3 is 2.83 bits per heavy atom. The number of aryl methyl sites for hydroxylation is 2. The molecule has 1 aliphatic rings. The standard InChI is InChI=1S/C15H20BrNO/c1-10-6-7-13(11(2)8-10)15(18)17-14-5-3-4-12(14)9-16/h6-8,12,14H,3-5,9H2,1-2H3,(H,17,18). The van der Waals surface area contributed by atoms with Crippen molar-refractivity contribution < 1.29 is 4.79 Å². The predicted molar refractivity (Wildman–Crippen MR) is 78.3 cm³/mol. The van der Waals surface area contributed by atoms with Gasteiger partial charge >= 0.3 is 0 Å². The van der Waals surface area contributed by atoms with Gasteiger partial charge in [0.05, 0.1) is 0 Å². The molecule has 0 aliphatic heterocycles. The second-order valence-electron chi connectivity index (χ2n) is 5.24. The fraction of sp³-hybridized carbons (Fsp3) is 0.533. The molecule has 1 aromatic rings. The van der Waals surface area contributed by atoms with Crippen molar-refractivity contribution in [2.24, 2.45) is 5.92 Å². The van der Waals surface area contributed by atoms with Crippen LogP contribution in [-0.2, 0) is 0 Å². The van der Waals surface area contributed by atoms with Crippen molar-refractivity contribution in [1.29, 1.82) is 0 Å². The highest BCUT2D eigenvalue weighted by Gasteiger charge is 2.28. The SMILES string of the molecule is Cc1ccc(C(=O)NC2CCCC2CBr)c(C)c1. The minimum atomic E-state index is 0.0744. The second-order valence-corrected chi connectivity index (χ2v) is 5.89. The first kappa shape index (κ1) is 13.6. The van der Waals surface area contributed by atoms with Crippen LogP contribution in [0, 0.1) is 19.8 Å². The van der Waals surface area contributed by atoms with Gasteiger partial charge in [-0.05, 0) is 44.2 Å². The van der Waals surface area contributed by atoms with Crippen molar-refractivity contribution in [3.8, 4) is 0 Å². The summed E-state index contributed by atoms with van der Waals surface area (Å²) >= 11 is 3.54. The van der Waals surface area contributed by atoms with Crippen LogP contribution in [0.1, 0.15) is 40.7 Å². The minimum absolute atomic E-state index is 0.0744. The van der Waals surface area contributed by atoms with E-state index in [2.05, 4.69) is 27.3 Å². The van der Waals surface area contributed by atoms with Gasteiger partial charge in [-0.1, -0.05) is 40.0 Å². The smallest absolute Gasteiger partial charge is 0.251 e. The van der Waals surface area contributed by atoms with Crippen LogP contribution in [0.3, 0.4) is 0 Å². The minimum Gasteiger partial charge on any atom is -0.349 e. The van der Waals surface area contributed by atoms with E-state index in [0.29, 0.717) is 12.0 Å². The molecule has 0 spiro atoms. The third kappa shape index (κ3) is 2.94. The first-order valence-electron chi connectivity index (χ1n) is 6.56. The number of carbonyl (C=O) groups excluding carboxylic acids is 1. The van der Waals surface area contributed by atoms with Crippen LogP contribution < -0.4 is 5.32 Å². The fourth-order valence-electron chi connectivity index (χ4n) is 2.73. The number of nitrogens with one attached hydrogen (secondary N) is 1. The van der Waals surface area contributed by atoms with Gasteiger partial charge in [0.15, 0.2) is 0 Å². The Bertz CT molecular complexity index is 444. The van der Waals surface area contributed by atoms with Crippen LogP contribution >= 0.6 is 15.9 Å². The lowest BCUT2D eigenvalue weighted by Gasteiger charge is -2.19. The highest BCUT2D eigenvalue weighted by molar-refractivity contribution is 9.09. The monoisotopic (exact) mass is 309 g/mol. The lowest BCUT2D eigenvalue weighted by Crippen LogP contribution is -2.38. The molecule has 1 aromatic carbocycles. The maximum atomic E-state index is 12.3. The van der Waals surface area contributed by atoms with Gasteiger partial charge in [-0.25, -0.2) is 0 Å². The van der Waals surface area contributed by atoms with Crippen LogP contribution in [0.2, 0.25) is 0 Å². The van der Waals surface area contributed by atoms with Crippen LogP contribution in [0.15, 0.2) is 18.2 Å². The molecule has 1 amide bonds. The molecule has 3 heteroatoms. The topological polar surface area (TPSA) is 29.1 Å². The Morgan fingerprint density at radius 2 is 2.17 bits per heavy atom. The highest BCUT2D eigenvalue weighted by atomic mass is 79.9. The lowest BCUT2D eigenvalue weighted by atomic mass is 10.0. The van der Waals surface area contributed by atoms with Gasteiger partial charge in [0, 0.05) is 16.9 Å². The maximum Gasteiger partial charge on any atom is 0.251 e. The lowest BCUT2D eigenvalue weighted by molar-refractivity contribution is 0.0929. The third-order valence-electron chi connectivity index (χ3n) is 3.80. The first-order chi connectivity index (χ1) is 8.61. The maximum absolute atomic E-state index is 12.3. The number of benzene rings is 1. The van der Waals surface area contributed by atoms with Crippen molar-refractivity contribution in [3.63, 3.8) is 0 Å². The molecule has 2 unspecified atom stereocenters. The number of rotatable bonds is 3. The molecule has 1 N–H and O–H groups in total. The number of carbonyl (C=O) groups is 1. The summed E-state index contributed by atoms with van der Waals surface area (Å²) in [6.07, 6.45) is 3.53. The molecule has 0 heterocycles. The summed E-state index contributed by atoms with van der Waals surface area (Å²) in [4.78, 5) is 12.3. The van der Waals surface area contributed by atoms with Crippen molar-refractivity contribution in [1.82, 2.24) is 5.32 Å². The van der Waals surface area contributed by atoms with Gasteiger partial charge in [-0.3, -0.25) is 4.79 Å². The molecular formula is C15H20BrNO. The van der Waals surface area contributed by atoms with E-state index in [1.807, 2.05) is 26.0 Å². The van der Waals surface area contributed by atoms with E-state index in [1.165, 1.54) is 18.4 Å². The zero-order chi connectivity index (χ0) is 13.1. The van der Waals surface area contributed by atoms with E-state index in [9.17, 15) is 4.79 Å². The van der Waals surface area contributed by atoms with Gasteiger partial charge in [0.25, 0.3) is 5.91 Å². The van der Waals surface area contributed by atoms with Gasteiger partial charge in [0.1, 0.15) is 0 Å². The van der Waals surface area contributed by atoms with Gasteiger partial charge < -0.3 is 5.32 Å². The molecule has 0 bridgehead atoms. The molecule has 2 atom stereocenters. The van der Waals surface area contributed by atoms with Crippen molar-refractivity contribution in [2.45, 2.75) is 39.2 Å². The van der Waals surface area contributed by atoms with E-state index < -0.39 is 0 Å². The molecule has 1 fully saturated rings. The van der Waals surface area contributed by atoms with E-state index in [1.54, 1.807) is 0 Å². The summed E-state index contributed by atoms with van der Waals surface area (Å²) in [6.45, 7) is 4.05. The molecular weight excluding hydrogens is 290 g/mol. The summed E-state index contributed by atoms with van der Waals surface area (Å²) < 4.78 is 0. The second kappa shape index (κ2) is 5.87. The van der Waals surface area contributed by atoms with Gasteiger partial charge in [0.2, 0.25) is 0 Å². The molecule has 0 saturated heterocycles. The highest BCUT2D eigenvalue weighted by Crippen LogP contribution is 2.27. The number of alkyl halides is 1. The van der Waals surface area contributed by atoms with Crippen LogP contribution in [0.25, 0.3) is 0 Å². The van der Waals surface area contributed by atoms with E-state index in [4.69, 9.17) is 0 Å². The molecule has 2 nitrogen and oxygen atoms in total. The Kier molecular flexibility index (Phi) is 4.44. The molecule has 98 valence electrons. The molecule has 0 aromatic heterocycles. The summed E-state index contributed by atoms with van der Waals surface area (Å²) in [7, 11) is 0. The van der Waals surface area contributed by atoms with Gasteiger partial charge in [-0.15, -0.1) is 0 Å². The summed E-state index contributed by atoms with van der Waals surface area (Å²) in [5.41, 5.74) is 3.06. The van der Waals surface area contributed by atoms with E-state index in [0.717, 1.165) is 22.9 Å². The molecule has 18 heavy (non-hydrogen) atoms. The predicted octanol–water partition coefficient (Wildman–Crippen LogP) is 3.60. The third-order valence-corrected chi connectivity index (χ3v) is 4.63. The zero-order valence-corrected chi connectivity index (χ0v) is 12.6. The van der Waals surface area contributed by atoms with Crippen molar-refractivity contribution in [3.05, 3.63) is 34.9 Å². The zero-order valence-electron chi connectivity index (χ0n) is 11.0. The van der Waals surface area contributed by atoms with Crippen molar-refractivity contribution in [2.75, 3.05) is 5.33 Å².